The van der Waals surface area contributed by atoms with Crippen LogP contribution >= 0.6 is 0 Å². The maximum Gasteiger partial charge on any atom is 0.256 e. The molecule has 8 heteroatoms. The van der Waals surface area contributed by atoms with Crippen LogP contribution < -0.4 is 10.6 Å². The highest BCUT2D eigenvalue weighted by molar-refractivity contribution is 7.90. The molecular formula is C13H18N4O3S. The quantitative estimate of drug-likeness (QED) is 0.723. The molecule has 1 atom stereocenters. The number of hydrogen-bond donors (Lipinski definition) is 2. The molecule has 114 valence electrons. The van der Waals surface area contributed by atoms with Gasteiger partial charge >= 0.3 is 0 Å². The van der Waals surface area contributed by atoms with Crippen molar-refractivity contribution < 1.29 is 13.2 Å². The van der Waals surface area contributed by atoms with Crippen molar-refractivity contribution in [1.29, 1.82) is 0 Å². The van der Waals surface area contributed by atoms with Crippen molar-refractivity contribution in [3.63, 3.8) is 0 Å². The first-order chi connectivity index (χ1) is 10.0. The summed E-state index contributed by atoms with van der Waals surface area (Å²) in [5.74, 6) is 0.199. The molecule has 1 fully saturated rings. The van der Waals surface area contributed by atoms with Crippen LogP contribution in [0.15, 0.2) is 28.3 Å². The second-order valence-electron chi connectivity index (χ2n) is 5.35. The number of amidine groups is 1. The standard InChI is InChI=1S/C13H18N4O3S/c18-13(15-8-11-2-1-5-14-11)10-3-4-12-16-21(19,20)7-6-17(12)9-10/h3-4,9,11,14H,1-2,5-8H2,(H,15,18). The number of carbonyl (C=O) groups excluding carboxylic acids is 1. The molecule has 0 bridgehead atoms. The Hall–Kier alpha value is -1.67. The van der Waals surface area contributed by atoms with Gasteiger partial charge in [0.25, 0.3) is 15.9 Å². The summed E-state index contributed by atoms with van der Waals surface area (Å²) in [5, 5.41) is 6.22. The van der Waals surface area contributed by atoms with Gasteiger partial charge in [0.15, 0.2) is 0 Å². The van der Waals surface area contributed by atoms with Gasteiger partial charge < -0.3 is 15.5 Å². The fourth-order valence-electron chi connectivity index (χ4n) is 2.58. The molecule has 0 radical (unpaired) electrons. The Kier molecular flexibility index (Phi) is 3.81. The summed E-state index contributed by atoms with van der Waals surface area (Å²) in [4.78, 5) is 13.8. The monoisotopic (exact) mass is 310 g/mol. The molecule has 3 aliphatic heterocycles. The van der Waals surface area contributed by atoms with Crippen LogP contribution in [0.4, 0.5) is 0 Å². The molecule has 3 rings (SSSR count). The van der Waals surface area contributed by atoms with Crippen molar-refractivity contribution in [2.45, 2.75) is 18.9 Å². The van der Waals surface area contributed by atoms with E-state index in [1.807, 2.05) is 0 Å². The first-order valence-corrected chi connectivity index (χ1v) is 8.65. The zero-order valence-electron chi connectivity index (χ0n) is 11.6. The minimum Gasteiger partial charge on any atom is -0.350 e. The van der Waals surface area contributed by atoms with Gasteiger partial charge in [-0.05, 0) is 31.5 Å². The van der Waals surface area contributed by atoms with Crippen molar-refractivity contribution in [1.82, 2.24) is 15.5 Å². The van der Waals surface area contributed by atoms with Gasteiger partial charge in [0.2, 0.25) is 0 Å². The molecule has 1 amide bonds. The second-order valence-corrected chi connectivity index (χ2v) is 7.10. The molecule has 21 heavy (non-hydrogen) atoms. The van der Waals surface area contributed by atoms with E-state index in [-0.39, 0.29) is 11.7 Å². The largest absolute Gasteiger partial charge is 0.350 e. The molecule has 0 aliphatic carbocycles. The molecule has 0 aromatic carbocycles. The molecular weight excluding hydrogens is 292 g/mol. The van der Waals surface area contributed by atoms with Gasteiger partial charge in [0, 0.05) is 25.3 Å². The summed E-state index contributed by atoms with van der Waals surface area (Å²) in [6.45, 7) is 1.94. The van der Waals surface area contributed by atoms with Crippen LogP contribution in [0.2, 0.25) is 0 Å². The van der Waals surface area contributed by atoms with E-state index >= 15 is 0 Å². The van der Waals surface area contributed by atoms with Gasteiger partial charge in [-0.3, -0.25) is 4.79 Å². The lowest BCUT2D eigenvalue weighted by Crippen LogP contribution is -2.40. The average Bonchev–Trinajstić information content (AvgIpc) is 2.96. The van der Waals surface area contributed by atoms with Crippen molar-refractivity contribution in [3.05, 3.63) is 23.9 Å². The molecule has 0 spiro atoms. The van der Waals surface area contributed by atoms with E-state index in [0.717, 1.165) is 19.4 Å². The summed E-state index contributed by atoms with van der Waals surface area (Å²) >= 11 is 0. The predicted molar refractivity (Wildman–Crippen MR) is 79.2 cm³/mol. The molecule has 1 unspecified atom stereocenters. The van der Waals surface area contributed by atoms with Crippen molar-refractivity contribution >= 4 is 21.8 Å². The normalized spacial score (nSPS) is 26.9. The number of nitrogens with one attached hydrogen (secondary N) is 2. The highest BCUT2D eigenvalue weighted by atomic mass is 32.2. The number of sulfonamides is 1. The summed E-state index contributed by atoms with van der Waals surface area (Å²) in [5.41, 5.74) is 0.520. The maximum atomic E-state index is 12.1. The lowest BCUT2D eigenvalue weighted by Gasteiger charge is -2.27. The molecule has 0 aromatic heterocycles. The average molecular weight is 310 g/mol. The molecule has 3 aliphatic rings. The van der Waals surface area contributed by atoms with Crippen LogP contribution in [-0.4, -0.2) is 56.5 Å². The zero-order valence-corrected chi connectivity index (χ0v) is 12.4. The van der Waals surface area contributed by atoms with Crippen LogP contribution in [0.25, 0.3) is 0 Å². The summed E-state index contributed by atoms with van der Waals surface area (Å²) < 4.78 is 26.5. The molecule has 1 saturated heterocycles. The van der Waals surface area contributed by atoms with E-state index in [1.54, 1.807) is 23.3 Å². The maximum absolute atomic E-state index is 12.1. The van der Waals surface area contributed by atoms with Crippen molar-refractivity contribution in [2.24, 2.45) is 4.40 Å². The van der Waals surface area contributed by atoms with Gasteiger partial charge in [-0.1, -0.05) is 0 Å². The topological polar surface area (TPSA) is 90.9 Å². The Bertz CT molecular complexity index is 630. The van der Waals surface area contributed by atoms with E-state index in [4.69, 9.17) is 0 Å². The van der Waals surface area contributed by atoms with Crippen LogP contribution in [0.5, 0.6) is 0 Å². The lowest BCUT2D eigenvalue weighted by atomic mass is 10.1. The summed E-state index contributed by atoms with van der Waals surface area (Å²) in [7, 11) is -3.36. The minimum atomic E-state index is -3.36. The second kappa shape index (κ2) is 5.61. The van der Waals surface area contributed by atoms with E-state index in [9.17, 15) is 13.2 Å². The Morgan fingerprint density at radius 3 is 3.10 bits per heavy atom. The minimum absolute atomic E-state index is 0.0261. The third kappa shape index (κ3) is 3.33. The Morgan fingerprint density at radius 2 is 2.33 bits per heavy atom. The summed E-state index contributed by atoms with van der Waals surface area (Å²) in [6, 6.07) is 0.347. The summed E-state index contributed by atoms with van der Waals surface area (Å²) in [6.07, 6.45) is 7.05. The third-order valence-corrected chi connectivity index (χ3v) is 4.92. The highest BCUT2D eigenvalue weighted by Crippen LogP contribution is 2.15. The molecule has 2 N–H and O–H groups in total. The zero-order chi connectivity index (χ0) is 14.9. The number of carbonyl (C=O) groups is 1. The predicted octanol–water partition coefficient (Wildman–Crippen LogP) is -0.648. The van der Waals surface area contributed by atoms with Crippen LogP contribution in [0, 0.1) is 0 Å². The Labute approximate surface area is 123 Å². The van der Waals surface area contributed by atoms with E-state index < -0.39 is 10.0 Å². The van der Waals surface area contributed by atoms with Crippen LogP contribution in [-0.2, 0) is 14.8 Å². The lowest BCUT2D eigenvalue weighted by molar-refractivity contribution is -0.117. The molecule has 7 nitrogen and oxygen atoms in total. The van der Waals surface area contributed by atoms with Crippen LogP contribution in [0.1, 0.15) is 12.8 Å². The molecule has 0 saturated carbocycles. The van der Waals surface area contributed by atoms with Gasteiger partial charge in [-0.15, -0.1) is 4.40 Å². The smallest absolute Gasteiger partial charge is 0.256 e. The van der Waals surface area contributed by atoms with Crippen molar-refractivity contribution in [3.8, 4) is 0 Å². The SMILES string of the molecule is O=C(NCC1CCCN1)C1=CN2CCS(=O)(=O)N=C2C=C1. The number of amides is 1. The number of hydrogen-bond acceptors (Lipinski definition) is 5. The third-order valence-electron chi connectivity index (χ3n) is 3.76. The fourth-order valence-corrected chi connectivity index (χ4v) is 3.55. The van der Waals surface area contributed by atoms with Gasteiger partial charge in [0.1, 0.15) is 5.84 Å². The first kappa shape index (κ1) is 14.3. The number of fused-ring (bicyclic) bond motifs is 1. The Morgan fingerprint density at radius 1 is 1.48 bits per heavy atom. The van der Waals surface area contributed by atoms with Gasteiger partial charge in [-0.25, -0.2) is 8.42 Å². The van der Waals surface area contributed by atoms with Crippen LogP contribution in [0.3, 0.4) is 0 Å². The van der Waals surface area contributed by atoms with Gasteiger partial charge in [0.05, 0.1) is 11.3 Å². The number of nitrogens with zero attached hydrogens (tertiary/aromatic N) is 2. The Balaban J connectivity index is 1.63. The fraction of sp³-hybridized carbons (Fsp3) is 0.538. The number of rotatable bonds is 3. The molecule has 3 heterocycles. The molecule has 0 aromatic rings. The highest BCUT2D eigenvalue weighted by Gasteiger charge is 2.25. The van der Waals surface area contributed by atoms with Crippen molar-refractivity contribution in [2.75, 3.05) is 25.4 Å². The van der Waals surface area contributed by atoms with E-state index in [1.165, 1.54) is 0 Å². The first-order valence-electron chi connectivity index (χ1n) is 7.04. The van der Waals surface area contributed by atoms with Gasteiger partial charge in [-0.2, -0.15) is 0 Å². The van der Waals surface area contributed by atoms with E-state index in [2.05, 4.69) is 15.0 Å². The van der Waals surface area contributed by atoms with E-state index in [0.29, 0.717) is 30.5 Å².